The molecule has 136 valence electrons. The number of nitro benzene ring substituents is 1. The summed E-state index contributed by atoms with van der Waals surface area (Å²) in [6.07, 6.45) is 1.43. The van der Waals surface area contributed by atoms with E-state index in [0.29, 0.717) is 5.56 Å². The summed E-state index contributed by atoms with van der Waals surface area (Å²) < 4.78 is 10.1. The van der Waals surface area contributed by atoms with Gasteiger partial charge in [-0.2, -0.15) is 5.10 Å². The molecule has 2 aromatic rings. The molecule has 0 bridgehead atoms. The van der Waals surface area contributed by atoms with Crippen molar-refractivity contribution in [1.82, 2.24) is 5.43 Å². The Morgan fingerprint density at radius 1 is 1.27 bits per heavy atom. The monoisotopic (exact) mass is 376 g/mol. The number of hydrogen-bond donors (Lipinski definition) is 3. The Kier molecular flexibility index (Phi) is 6.28. The van der Waals surface area contributed by atoms with Crippen molar-refractivity contribution in [2.45, 2.75) is 0 Å². The summed E-state index contributed by atoms with van der Waals surface area (Å²) in [5, 5.41) is 27.6. The van der Waals surface area contributed by atoms with Crippen LogP contribution in [-0.4, -0.2) is 35.6 Å². The van der Waals surface area contributed by atoms with Gasteiger partial charge in [0.25, 0.3) is 5.69 Å². The van der Waals surface area contributed by atoms with Crippen LogP contribution in [0.2, 0.25) is 0 Å². The number of hydrogen-bond acceptors (Lipinski definition) is 7. The Hall–Kier alpha value is -3.40. The lowest BCUT2D eigenvalue weighted by atomic mass is 10.2. The Labute approximate surface area is 154 Å². The average molecular weight is 376 g/mol. The first-order valence-corrected chi connectivity index (χ1v) is 7.65. The van der Waals surface area contributed by atoms with Gasteiger partial charge in [-0.3, -0.25) is 15.5 Å². The maximum atomic E-state index is 11.0. The minimum absolute atomic E-state index is 0.0771. The van der Waals surface area contributed by atoms with Crippen molar-refractivity contribution < 1.29 is 19.5 Å². The van der Waals surface area contributed by atoms with Crippen LogP contribution in [0.3, 0.4) is 0 Å². The van der Waals surface area contributed by atoms with E-state index in [1.54, 1.807) is 24.3 Å². The molecule has 2 rings (SSSR count). The molecule has 0 aliphatic heterocycles. The standard InChI is InChI=1S/C16H16N4O5S/c1-24-13-7-10(8-14(25-2)15(13)21)9-17-19-16(26)18-11-5-3-4-6-12(11)20(22)23/h3-9,21H,1-2H3,(H2,18,19,26)/b17-9+. The summed E-state index contributed by atoms with van der Waals surface area (Å²) in [6, 6.07) is 9.22. The molecule has 26 heavy (non-hydrogen) atoms. The van der Waals surface area contributed by atoms with Crippen LogP contribution in [0.4, 0.5) is 11.4 Å². The number of anilines is 1. The molecule has 0 aromatic heterocycles. The zero-order valence-corrected chi connectivity index (χ0v) is 14.7. The molecular weight excluding hydrogens is 360 g/mol. The molecule has 0 heterocycles. The summed E-state index contributed by atoms with van der Waals surface area (Å²) >= 11 is 5.07. The molecule has 0 aliphatic rings. The minimum Gasteiger partial charge on any atom is -0.502 e. The largest absolute Gasteiger partial charge is 0.502 e. The number of aromatic hydroxyl groups is 1. The van der Waals surface area contributed by atoms with Crippen molar-refractivity contribution in [3.63, 3.8) is 0 Å². The highest BCUT2D eigenvalue weighted by molar-refractivity contribution is 7.80. The molecule has 9 nitrogen and oxygen atoms in total. The topological polar surface area (TPSA) is 118 Å². The quantitative estimate of drug-likeness (QED) is 0.305. The van der Waals surface area contributed by atoms with Crippen LogP contribution < -0.4 is 20.2 Å². The highest BCUT2D eigenvalue weighted by Gasteiger charge is 2.13. The molecule has 2 aromatic carbocycles. The van der Waals surface area contributed by atoms with Gasteiger partial charge in [0.05, 0.1) is 25.4 Å². The fourth-order valence-corrected chi connectivity index (χ4v) is 2.21. The fourth-order valence-electron chi connectivity index (χ4n) is 2.04. The van der Waals surface area contributed by atoms with Gasteiger partial charge in [-0.05, 0) is 30.4 Å². The van der Waals surface area contributed by atoms with Crippen molar-refractivity contribution in [3.05, 3.63) is 52.1 Å². The number of hydrazone groups is 1. The molecule has 0 atom stereocenters. The molecule has 10 heteroatoms. The Morgan fingerprint density at radius 2 is 1.88 bits per heavy atom. The SMILES string of the molecule is COc1cc(/C=N/NC(=S)Nc2ccccc2[N+](=O)[O-])cc(OC)c1O. The van der Waals surface area contributed by atoms with Gasteiger partial charge >= 0.3 is 0 Å². The van der Waals surface area contributed by atoms with Gasteiger partial charge in [-0.25, -0.2) is 0 Å². The van der Waals surface area contributed by atoms with Gasteiger partial charge in [0.15, 0.2) is 16.6 Å². The third kappa shape index (κ3) is 4.57. The number of phenols is 1. The van der Waals surface area contributed by atoms with E-state index in [9.17, 15) is 15.2 Å². The van der Waals surface area contributed by atoms with Gasteiger partial charge in [0, 0.05) is 11.6 Å². The molecule has 3 N–H and O–H groups in total. The highest BCUT2D eigenvalue weighted by atomic mass is 32.1. The van der Waals surface area contributed by atoms with E-state index in [2.05, 4.69) is 15.8 Å². The van der Waals surface area contributed by atoms with Crippen LogP contribution in [0.25, 0.3) is 0 Å². The first-order valence-electron chi connectivity index (χ1n) is 7.24. The number of benzene rings is 2. The number of nitro groups is 1. The van der Waals surface area contributed by atoms with Gasteiger partial charge in [0.2, 0.25) is 5.75 Å². The lowest BCUT2D eigenvalue weighted by Crippen LogP contribution is -2.24. The Bertz CT molecular complexity index is 831. The van der Waals surface area contributed by atoms with E-state index in [0.717, 1.165) is 0 Å². The molecule has 0 saturated carbocycles. The molecule has 0 fully saturated rings. The second-order valence-electron chi connectivity index (χ2n) is 4.87. The van der Waals surface area contributed by atoms with Gasteiger partial charge in [-0.15, -0.1) is 0 Å². The van der Waals surface area contributed by atoms with Crippen LogP contribution in [0.15, 0.2) is 41.5 Å². The van der Waals surface area contributed by atoms with Gasteiger partial charge in [0.1, 0.15) is 5.69 Å². The van der Waals surface area contributed by atoms with Crippen LogP contribution in [0, 0.1) is 10.1 Å². The maximum Gasteiger partial charge on any atom is 0.292 e. The minimum atomic E-state index is -0.511. The van der Waals surface area contributed by atoms with Crippen molar-refractivity contribution in [2.75, 3.05) is 19.5 Å². The first kappa shape index (κ1) is 18.9. The average Bonchev–Trinajstić information content (AvgIpc) is 2.63. The van der Waals surface area contributed by atoms with Crippen LogP contribution >= 0.6 is 12.2 Å². The lowest BCUT2D eigenvalue weighted by Gasteiger charge is -2.09. The van der Waals surface area contributed by atoms with Crippen molar-refractivity contribution in [3.8, 4) is 17.2 Å². The molecule has 0 radical (unpaired) electrons. The zero-order chi connectivity index (χ0) is 19.1. The predicted octanol–water partition coefficient (Wildman–Crippen LogP) is 2.64. The second-order valence-corrected chi connectivity index (χ2v) is 5.28. The zero-order valence-electron chi connectivity index (χ0n) is 13.9. The summed E-state index contributed by atoms with van der Waals surface area (Å²) in [7, 11) is 2.83. The Morgan fingerprint density at radius 3 is 2.46 bits per heavy atom. The maximum absolute atomic E-state index is 11.0. The van der Waals surface area contributed by atoms with Gasteiger partial charge in [-0.1, -0.05) is 12.1 Å². The van der Waals surface area contributed by atoms with Crippen LogP contribution in [-0.2, 0) is 0 Å². The summed E-state index contributed by atoms with van der Waals surface area (Å²) in [4.78, 5) is 10.5. The molecule has 0 amide bonds. The summed E-state index contributed by atoms with van der Waals surface area (Å²) in [6.45, 7) is 0. The molecule has 0 spiro atoms. The van der Waals surface area contributed by atoms with Crippen molar-refractivity contribution in [2.24, 2.45) is 5.10 Å². The van der Waals surface area contributed by atoms with E-state index in [-0.39, 0.29) is 33.7 Å². The van der Waals surface area contributed by atoms with E-state index in [4.69, 9.17) is 21.7 Å². The van der Waals surface area contributed by atoms with E-state index in [1.807, 2.05) is 0 Å². The number of para-hydroxylation sites is 2. The molecule has 0 aliphatic carbocycles. The number of nitrogens with zero attached hydrogens (tertiary/aromatic N) is 2. The molecular formula is C16H16N4O5S. The second kappa shape index (κ2) is 8.62. The van der Waals surface area contributed by atoms with E-state index < -0.39 is 4.92 Å². The third-order valence-corrected chi connectivity index (χ3v) is 3.42. The number of phenolic OH excluding ortho intramolecular Hbond substituents is 1. The number of thiocarbonyl (C=S) groups is 1. The van der Waals surface area contributed by atoms with Crippen molar-refractivity contribution in [1.29, 1.82) is 0 Å². The number of methoxy groups -OCH3 is 2. The summed E-state index contributed by atoms with van der Waals surface area (Å²) in [5.74, 6) is 0.339. The predicted molar refractivity (Wildman–Crippen MR) is 101 cm³/mol. The summed E-state index contributed by atoms with van der Waals surface area (Å²) in [5.41, 5.74) is 3.28. The van der Waals surface area contributed by atoms with E-state index >= 15 is 0 Å². The third-order valence-electron chi connectivity index (χ3n) is 3.23. The number of rotatable bonds is 6. The highest BCUT2D eigenvalue weighted by Crippen LogP contribution is 2.36. The fraction of sp³-hybridized carbons (Fsp3) is 0.125. The number of ether oxygens (including phenoxy) is 2. The smallest absolute Gasteiger partial charge is 0.292 e. The molecule has 0 unspecified atom stereocenters. The Balaban J connectivity index is 2.07. The lowest BCUT2D eigenvalue weighted by molar-refractivity contribution is -0.383. The van der Waals surface area contributed by atoms with Crippen LogP contribution in [0.5, 0.6) is 17.2 Å². The molecule has 0 saturated heterocycles. The van der Waals surface area contributed by atoms with Crippen molar-refractivity contribution >= 4 is 34.9 Å². The van der Waals surface area contributed by atoms with Gasteiger partial charge < -0.3 is 19.9 Å². The van der Waals surface area contributed by atoms with E-state index in [1.165, 1.54) is 32.6 Å². The first-order chi connectivity index (χ1) is 12.5. The number of nitrogens with one attached hydrogen (secondary N) is 2. The normalized spacial score (nSPS) is 10.4. The van der Waals surface area contributed by atoms with Crippen LogP contribution in [0.1, 0.15) is 5.56 Å².